The number of rotatable bonds is 1. The first-order valence-electron chi connectivity index (χ1n) is 9.64. The fraction of sp³-hybridized carbons (Fsp3) is 0.667. The molecule has 4 nitrogen and oxygen atoms in total. The maximum absolute atomic E-state index is 12.3. The first-order valence-corrected chi connectivity index (χ1v) is 9.64. The van der Waals surface area contributed by atoms with Crippen molar-refractivity contribution in [2.24, 2.45) is 16.7 Å². The zero-order valence-electron chi connectivity index (χ0n) is 15.0. The third-order valence-corrected chi connectivity index (χ3v) is 8.26. The second-order valence-corrected chi connectivity index (χ2v) is 8.86. The van der Waals surface area contributed by atoms with Crippen LogP contribution in [0, 0.1) is 16.7 Å². The molecule has 1 spiro atoms. The van der Waals surface area contributed by atoms with E-state index in [9.17, 15) is 9.90 Å². The molecule has 2 N–H and O–H groups in total. The number of aliphatic hydroxyl groups is 1. The molecule has 4 aliphatic rings. The summed E-state index contributed by atoms with van der Waals surface area (Å²) in [6, 6.07) is 6.66. The van der Waals surface area contributed by atoms with Crippen LogP contribution in [-0.2, 0) is 11.2 Å². The van der Waals surface area contributed by atoms with Gasteiger partial charge < -0.3 is 15.2 Å². The summed E-state index contributed by atoms with van der Waals surface area (Å²) in [4.78, 5) is 12.3. The number of methoxy groups -OCH3 is 1. The zero-order chi connectivity index (χ0) is 17.4. The van der Waals surface area contributed by atoms with Gasteiger partial charge in [0.1, 0.15) is 5.75 Å². The molecule has 6 atom stereocenters. The molecule has 1 aliphatic heterocycles. The predicted octanol–water partition coefficient (Wildman–Crippen LogP) is 2.78. The fourth-order valence-electron chi connectivity index (χ4n) is 7.08. The van der Waals surface area contributed by atoms with Gasteiger partial charge >= 0.3 is 0 Å². The average molecular weight is 341 g/mol. The molecule has 1 heterocycles. The highest BCUT2D eigenvalue weighted by Crippen LogP contribution is 2.70. The van der Waals surface area contributed by atoms with Crippen LogP contribution in [0.5, 0.6) is 5.75 Å². The molecule has 1 amide bonds. The van der Waals surface area contributed by atoms with E-state index in [4.69, 9.17) is 4.74 Å². The molecule has 1 aromatic carbocycles. The Morgan fingerprint density at radius 3 is 2.96 bits per heavy atom. The number of amides is 1. The number of aryl methyl sites for hydroxylation is 1. The van der Waals surface area contributed by atoms with Crippen LogP contribution < -0.4 is 10.1 Å². The molecule has 0 bridgehead atoms. The minimum absolute atomic E-state index is 0.0793. The molecule has 25 heavy (non-hydrogen) atoms. The van der Waals surface area contributed by atoms with Crippen molar-refractivity contribution in [1.29, 1.82) is 0 Å². The number of hydrogen-bond acceptors (Lipinski definition) is 3. The number of benzene rings is 1. The molecule has 0 unspecified atom stereocenters. The third kappa shape index (κ3) is 1.79. The molecule has 0 aromatic heterocycles. The second-order valence-electron chi connectivity index (χ2n) is 8.86. The van der Waals surface area contributed by atoms with Crippen LogP contribution in [0.3, 0.4) is 0 Å². The summed E-state index contributed by atoms with van der Waals surface area (Å²) in [6.45, 7) is 2.25. The van der Waals surface area contributed by atoms with E-state index in [1.165, 1.54) is 11.1 Å². The molecule has 1 saturated heterocycles. The number of carbonyl (C=O) groups excluding carboxylic acids is 1. The van der Waals surface area contributed by atoms with Gasteiger partial charge in [-0.3, -0.25) is 4.79 Å². The summed E-state index contributed by atoms with van der Waals surface area (Å²) in [7, 11) is 1.72. The van der Waals surface area contributed by atoms with E-state index in [0.29, 0.717) is 18.3 Å². The van der Waals surface area contributed by atoms with E-state index < -0.39 is 0 Å². The van der Waals surface area contributed by atoms with Gasteiger partial charge in [-0.2, -0.15) is 0 Å². The van der Waals surface area contributed by atoms with Gasteiger partial charge in [0.05, 0.1) is 13.2 Å². The molecule has 1 aromatic rings. The Bertz CT molecular complexity index is 747. The largest absolute Gasteiger partial charge is 0.497 e. The van der Waals surface area contributed by atoms with Gasteiger partial charge in [0.15, 0.2) is 0 Å². The molecule has 0 radical (unpaired) electrons. The van der Waals surface area contributed by atoms with Crippen LogP contribution in [0.1, 0.15) is 56.1 Å². The van der Waals surface area contributed by atoms with Crippen molar-refractivity contribution in [2.75, 3.05) is 7.11 Å². The lowest BCUT2D eigenvalue weighted by atomic mass is 9.46. The highest BCUT2D eigenvalue weighted by Gasteiger charge is 2.71. The molecule has 3 fully saturated rings. The fourth-order valence-corrected chi connectivity index (χ4v) is 7.08. The molecular formula is C21H27NO3. The molecule has 2 saturated carbocycles. The van der Waals surface area contributed by atoms with Gasteiger partial charge in [-0.15, -0.1) is 0 Å². The lowest BCUT2D eigenvalue weighted by Crippen LogP contribution is -2.55. The maximum atomic E-state index is 12.3. The minimum atomic E-state index is -0.295. The van der Waals surface area contributed by atoms with E-state index in [1.807, 2.05) is 0 Å². The summed E-state index contributed by atoms with van der Waals surface area (Å²) in [5.41, 5.74) is 2.65. The first-order chi connectivity index (χ1) is 12.0. The van der Waals surface area contributed by atoms with Crippen LogP contribution in [0.4, 0.5) is 0 Å². The predicted molar refractivity (Wildman–Crippen MR) is 94.5 cm³/mol. The summed E-state index contributed by atoms with van der Waals surface area (Å²) >= 11 is 0. The molecular weight excluding hydrogens is 314 g/mol. The number of carbonyl (C=O) groups is 1. The number of aliphatic hydroxyl groups excluding tert-OH is 1. The number of fused-ring (bicyclic) bond motifs is 3. The second kappa shape index (κ2) is 5.00. The van der Waals surface area contributed by atoms with E-state index in [2.05, 4.69) is 30.4 Å². The summed E-state index contributed by atoms with van der Waals surface area (Å²) in [6.07, 6.45) is 5.29. The van der Waals surface area contributed by atoms with Crippen LogP contribution >= 0.6 is 0 Å². The maximum Gasteiger partial charge on any atom is 0.220 e. The monoisotopic (exact) mass is 341 g/mol. The SMILES string of the molecule is COc1ccc2c(c1)CC[C@@H]1[C@@H]2CC[C@]2(C)[C@H](O)C[C@H]3NC(=O)C[C@]132. The van der Waals surface area contributed by atoms with Crippen molar-refractivity contribution < 1.29 is 14.6 Å². The lowest BCUT2D eigenvalue weighted by molar-refractivity contribution is -0.126. The number of hydrogen-bond donors (Lipinski definition) is 2. The van der Waals surface area contributed by atoms with Crippen LogP contribution in [0.2, 0.25) is 0 Å². The van der Waals surface area contributed by atoms with Crippen molar-refractivity contribution in [3.8, 4) is 5.75 Å². The molecule has 3 aliphatic carbocycles. The van der Waals surface area contributed by atoms with E-state index in [-0.39, 0.29) is 28.9 Å². The summed E-state index contributed by atoms with van der Waals surface area (Å²) < 4.78 is 5.41. The van der Waals surface area contributed by atoms with Crippen molar-refractivity contribution in [3.05, 3.63) is 29.3 Å². The minimum Gasteiger partial charge on any atom is -0.497 e. The number of nitrogens with one attached hydrogen (secondary N) is 1. The van der Waals surface area contributed by atoms with Crippen molar-refractivity contribution >= 4 is 5.91 Å². The van der Waals surface area contributed by atoms with Crippen LogP contribution in [0.15, 0.2) is 18.2 Å². The topological polar surface area (TPSA) is 58.6 Å². The van der Waals surface area contributed by atoms with Crippen molar-refractivity contribution in [1.82, 2.24) is 5.32 Å². The quantitative estimate of drug-likeness (QED) is 0.826. The van der Waals surface area contributed by atoms with Gasteiger partial charge in [0.25, 0.3) is 0 Å². The van der Waals surface area contributed by atoms with Crippen LogP contribution in [0.25, 0.3) is 0 Å². The van der Waals surface area contributed by atoms with Gasteiger partial charge in [-0.25, -0.2) is 0 Å². The Balaban J connectivity index is 1.61. The van der Waals surface area contributed by atoms with Gasteiger partial charge in [0, 0.05) is 23.3 Å². The van der Waals surface area contributed by atoms with E-state index in [0.717, 1.165) is 37.9 Å². The summed E-state index contributed by atoms with van der Waals surface area (Å²) in [5.74, 6) is 2.10. The zero-order valence-corrected chi connectivity index (χ0v) is 15.0. The Morgan fingerprint density at radius 1 is 1.32 bits per heavy atom. The van der Waals surface area contributed by atoms with Crippen molar-refractivity contribution in [2.45, 2.75) is 63.5 Å². The lowest BCUT2D eigenvalue weighted by Gasteiger charge is -2.57. The highest BCUT2D eigenvalue weighted by molar-refractivity contribution is 5.81. The Labute approximate surface area is 149 Å². The summed E-state index contributed by atoms with van der Waals surface area (Å²) in [5, 5.41) is 14.1. The Hall–Kier alpha value is -1.55. The standard InChI is InChI=1S/C21H27NO3/c1-20-8-7-15-14-5-4-13(25-2)9-12(14)3-6-16(15)21(20)11-19(24)22-17(21)10-18(20)23/h4-5,9,15-18,23H,3,6-8,10-11H2,1-2H3,(H,22,24)/t15-,16-,17-,18-,20-,21+/m1/s1. The van der Waals surface area contributed by atoms with Crippen molar-refractivity contribution in [3.63, 3.8) is 0 Å². The van der Waals surface area contributed by atoms with Crippen LogP contribution in [-0.4, -0.2) is 30.3 Å². The normalized spacial score (nSPS) is 44.4. The Kier molecular flexibility index (Phi) is 3.14. The average Bonchev–Trinajstić information content (AvgIpc) is 3.03. The third-order valence-electron chi connectivity index (χ3n) is 8.26. The molecule has 5 rings (SSSR count). The van der Waals surface area contributed by atoms with Gasteiger partial charge in [0.2, 0.25) is 5.91 Å². The number of ether oxygens (including phenoxy) is 1. The van der Waals surface area contributed by atoms with E-state index in [1.54, 1.807) is 7.11 Å². The molecule has 134 valence electrons. The van der Waals surface area contributed by atoms with Gasteiger partial charge in [-0.1, -0.05) is 13.0 Å². The Morgan fingerprint density at radius 2 is 2.16 bits per heavy atom. The molecule has 4 heteroatoms. The smallest absolute Gasteiger partial charge is 0.220 e. The first kappa shape index (κ1) is 15.7. The van der Waals surface area contributed by atoms with Gasteiger partial charge in [-0.05, 0) is 67.2 Å². The highest BCUT2D eigenvalue weighted by atomic mass is 16.5. The van der Waals surface area contributed by atoms with E-state index >= 15 is 0 Å².